The lowest BCUT2D eigenvalue weighted by Gasteiger charge is -2.04. The number of aromatic nitrogens is 8. The van der Waals surface area contributed by atoms with Crippen LogP contribution in [0.15, 0.2) is 18.3 Å². The van der Waals surface area contributed by atoms with Crippen LogP contribution < -0.4 is 0 Å². The molecule has 0 N–H and O–H groups in total. The van der Waals surface area contributed by atoms with E-state index in [0.29, 0.717) is 17.0 Å². The summed E-state index contributed by atoms with van der Waals surface area (Å²) in [7, 11) is 3.81. The van der Waals surface area contributed by atoms with Gasteiger partial charge in [-0.15, -0.1) is 10.2 Å². The topological polar surface area (TPSA) is 78.7 Å². The van der Waals surface area contributed by atoms with Crippen LogP contribution in [0.5, 0.6) is 0 Å². The van der Waals surface area contributed by atoms with Crippen molar-refractivity contribution in [3.63, 3.8) is 0 Å². The maximum atomic E-state index is 6.36. The maximum absolute atomic E-state index is 6.36. The highest BCUT2D eigenvalue weighted by atomic mass is 35.5. The van der Waals surface area contributed by atoms with Crippen molar-refractivity contribution >= 4 is 17.2 Å². The van der Waals surface area contributed by atoms with Gasteiger partial charge in [0.15, 0.2) is 11.5 Å². The molecule has 0 spiro atoms. The predicted octanol–water partition coefficient (Wildman–Crippen LogP) is 2.80. The summed E-state index contributed by atoms with van der Waals surface area (Å²) < 4.78 is 5.38. The van der Waals surface area contributed by atoms with Gasteiger partial charge in [0, 0.05) is 25.6 Å². The minimum atomic E-state index is 0.369. The molecule has 2 unspecified atom stereocenters. The van der Waals surface area contributed by atoms with Crippen LogP contribution in [0.25, 0.3) is 17.0 Å². The van der Waals surface area contributed by atoms with E-state index < -0.39 is 0 Å². The molecule has 0 aliphatic heterocycles. The van der Waals surface area contributed by atoms with Crippen LogP contribution >= 0.6 is 11.6 Å². The number of rotatable bonds is 3. The Balaban J connectivity index is 1.51. The fourth-order valence-electron chi connectivity index (χ4n) is 3.72. The third-order valence-corrected chi connectivity index (χ3v) is 5.80. The van der Waals surface area contributed by atoms with Gasteiger partial charge in [0.05, 0.1) is 17.6 Å². The van der Waals surface area contributed by atoms with Gasteiger partial charge < -0.3 is 0 Å². The summed E-state index contributed by atoms with van der Waals surface area (Å²) >= 11 is 6.36. The molecule has 0 bridgehead atoms. The molecule has 0 radical (unpaired) electrons. The highest BCUT2D eigenvalue weighted by molar-refractivity contribution is 6.30. The molecule has 0 amide bonds. The van der Waals surface area contributed by atoms with E-state index in [-0.39, 0.29) is 0 Å². The summed E-state index contributed by atoms with van der Waals surface area (Å²) in [6, 6.07) is 4.16. The average Bonchev–Trinajstić information content (AvgIpc) is 3.02. The molecule has 1 aliphatic carbocycles. The summed E-state index contributed by atoms with van der Waals surface area (Å²) in [5, 5.41) is 22.7. The van der Waals surface area contributed by atoms with Crippen molar-refractivity contribution in [2.24, 2.45) is 14.1 Å². The number of nitrogens with zero attached hydrogens (tertiary/aromatic N) is 8. The van der Waals surface area contributed by atoms with E-state index in [0.717, 1.165) is 46.1 Å². The van der Waals surface area contributed by atoms with Crippen LogP contribution in [0, 0.1) is 13.8 Å². The van der Waals surface area contributed by atoms with Crippen molar-refractivity contribution in [3.8, 4) is 11.4 Å². The fourth-order valence-corrected chi connectivity index (χ4v) is 3.95. The van der Waals surface area contributed by atoms with Crippen molar-refractivity contribution in [3.05, 3.63) is 46.1 Å². The van der Waals surface area contributed by atoms with Crippen LogP contribution in [-0.4, -0.2) is 39.4 Å². The molecule has 2 atom stereocenters. The zero-order valence-corrected chi connectivity index (χ0v) is 16.3. The Morgan fingerprint density at radius 3 is 2.59 bits per heavy atom. The molecule has 1 aliphatic rings. The Kier molecular flexibility index (Phi) is 3.42. The van der Waals surface area contributed by atoms with E-state index in [4.69, 9.17) is 21.8 Å². The van der Waals surface area contributed by atoms with E-state index in [1.54, 1.807) is 9.20 Å². The fraction of sp³-hybridized carbons (Fsp3) is 0.389. The van der Waals surface area contributed by atoms with E-state index >= 15 is 0 Å². The van der Waals surface area contributed by atoms with Crippen LogP contribution in [0.1, 0.15) is 40.9 Å². The first-order valence-corrected chi connectivity index (χ1v) is 9.23. The Hall–Kier alpha value is -2.74. The third-order valence-electron chi connectivity index (χ3n) is 5.33. The minimum absolute atomic E-state index is 0.369. The minimum Gasteiger partial charge on any atom is -0.266 e. The van der Waals surface area contributed by atoms with Crippen LogP contribution in [-0.2, 0) is 14.1 Å². The van der Waals surface area contributed by atoms with Gasteiger partial charge in [0.2, 0.25) is 0 Å². The molecule has 0 saturated heterocycles. The van der Waals surface area contributed by atoms with Crippen molar-refractivity contribution in [1.29, 1.82) is 0 Å². The van der Waals surface area contributed by atoms with Gasteiger partial charge in [-0.25, -0.2) is 0 Å². The lowest BCUT2D eigenvalue weighted by atomic mass is 10.1. The largest absolute Gasteiger partial charge is 0.266 e. The molecular formula is C18H19ClN8. The first-order valence-electron chi connectivity index (χ1n) is 8.85. The smallest absolute Gasteiger partial charge is 0.180 e. The predicted molar refractivity (Wildman–Crippen MR) is 101 cm³/mol. The highest BCUT2D eigenvalue weighted by Gasteiger charge is 2.43. The van der Waals surface area contributed by atoms with Gasteiger partial charge in [0.25, 0.3) is 0 Å². The van der Waals surface area contributed by atoms with Crippen molar-refractivity contribution in [1.82, 2.24) is 39.4 Å². The van der Waals surface area contributed by atoms with Crippen molar-refractivity contribution in [2.75, 3.05) is 0 Å². The molecule has 4 heterocycles. The Labute approximate surface area is 160 Å². The van der Waals surface area contributed by atoms with Gasteiger partial charge in [0.1, 0.15) is 10.8 Å². The molecule has 138 valence electrons. The van der Waals surface area contributed by atoms with E-state index in [2.05, 4.69) is 21.4 Å². The summed E-state index contributed by atoms with van der Waals surface area (Å²) in [6.45, 7) is 3.92. The molecule has 4 aromatic heterocycles. The molecule has 1 saturated carbocycles. The molecular weight excluding hydrogens is 364 g/mol. The summed E-state index contributed by atoms with van der Waals surface area (Å²) in [6.07, 6.45) is 2.91. The van der Waals surface area contributed by atoms with Gasteiger partial charge in [-0.05, 0) is 43.9 Å². The molecule has 4 aromatic rings. The standard InChI is InChI=1S/C18H19ClN8/c1-9-5-15(24-27-10(2)21-22-18(9)27)16-7-14(23-25(16)3)12-6-11(12)13-8-20-26(4)17(13)19/h5,7-8,11-12H,6H2,1-4H3. The number of hydrogen-bond acceptors (Lipinski definition) is 5. The van der Waals surface area contributed by atoms with Crippen LogP contribution in [0.4, 0.5) is 0 Å². The second kappa shape index (κ2) is 5.63. The van der Waals surface area contributed by atoms with Crippen molar-refractivity contribution in [2.45, 2.75) is 32.1 Å². The quantitative estimate of drug-likeness (QED) is 0.544. The molecule has 8 nitrogen and oxygen atoms in total. The molecule has 27 heavy (non-hydrogen) atoms. The van der Waals surface area contributed by atoms with Gasteiger partial charge in [-0.1, -0.05) is 11.6 Å². The number of fused-ring (bicyclic) bond motifs is 1. The second-order valence-corrected chi connectivity index (χ2v) is 7.59. The third kappa shape index (κ3) is 2.47. The zero-order chi connectivity index (χ0) is 18.9. The zero-order valence-electron chi connectivity index (χ0n) is 15.5. The summed E-state index contributed by atoms with van der Waals surface area (Å²) in [5.41, 5.74) is 5.83. The SMILES string of the molecule is Cc1cc(-c2cc(C3CC3c3cnn(C)c3Cl)nn2C)nn2c(C)nnc12. The van der Waals surface area contributed by atoms with Crippen LogP contribution in [0.3, 0.4) is 0 Å². The Bertz CT molecular complexity index is 1180. The highest BCUT2D eigenvalue weighted by Crippen LogP contribution is 2.55. The normalized spacial score (nSPS) is 19.1. The summed E-state index contributed by atoms with van der Waals surface area (Å²) in [4.78, 5) is 0. The summed E-state index contributed by atoms with van der Waals surface area (Å²) in [5.74, 6) is 1.52. The molecule has 9 heteroatoms. The lowest BCUT2D eigenvalue weighted by Crippen LogP contribution is -2.02. The molecule has 5 rings (SSSR count). The average molecular weight is 383 g/mol. The maximum Gasteiger partial charge on any atom is 0.180 e. The number of hydrogen-bond donors (Lipinski definition) is 0. The van der Waals surface area contributed by atoms with Gasteiger partial charge in [-0.2, -0.15) is 19.8 Å². The number of aryl methyl sites for hydroxylation is 4. The Morgan fingerprint density at radius 2 is 1.85 bits per heavy atom. The Morgan fingerprint density at radius 1 is 1.04 bits per heavy atom. The van der Waals surface area contributed by atoms with E-state index in [1.165, 1.54) is 0 Å². The molecule has 1 fully saturated rings. The monoisotopic (exact) mass is 382 g/mol. The molecule has 0 aromatic carbocycles. The van der Waals surface area contributed by atoms with E-state index in [9.17, 15) is 0 Å². The van der Waals surface area contributed by atoms with Crippen molar-refractivity contribution < 1.29 is 0 Å². The van der Waals surface area contributed by atoms with Gasteiger partial charge >= 0.3 is 0 Å². The number of halogens is 1. The first-order chi connectivity index (χ1) is 12.9. The van der Waals surface area contributed by atoms with Gasteiger partial charge in [-0.3, -0.25) is 9.36 Å². The second-order valence-electron chi connectivity index (χ2n) is 7.24. The van der Waals surface area contributed by atoms with Crippen LogP contribution in [0.2, 0.25) is 5.15 Å². The lowest BCUT2D eigenvalue weighted by molar-refractivity contribution is 0.741. The van der Waals surface area contributed by atoms with E-state index in [1.807, 2.05) is 44.9 Å². The first kappa shape index (κ1) is 16.4.